The van der Waals surface area contributed by atoms with Crippen molar-refractivity contribution in [2.45, 2.75) is 11.8 Å². The molecule has 1 amide bonds. The van der Waals surface area contributed by atoms with Gasteiger partial charge in [-0.25, -0.2) is 4.98 Å². The molecule has 0 unspecified atom stereocenters. The number of aryl methyl sites for hydroxylation is 1. The number of thioether (sulfide) groups is 1. The van der Waals surface area contributed by atoms with Gasteiger partial charge in [0.1, 0.15) is 5.82 Å². The highest BCUT2D eigenvalue weighted by Gasteiger charge is 2.12. The van der Waals surface area contributed by atoms with E-state index in [1.54, 1.807) is 18.7 Å². The largest absolute Gasteiger partial charge is 0.318 e. The molecule has 17 heavy (non-hydrogen) atoms. The van der Waals surface area contributed by atoms with E-state index in [2.05, 4.69) is 20.5 Å². The summed E-state index contributed by atoms with van der Waals surface area (Å²) in [6.07, 6.45) is 1.96. The topological polar surface area (TPSA) is 70.7 Å². The average Bonchev–Trinajstić information content (AvgIpc) is 2.77. The molecule has 1 heterocycles. The first-order chi connectivity index (χ1) is 8.20. The van der Waals surface area contributed by atoms with Gasteiger partial charge >= 0.3 is 0 Å². The maximum Gasteiger partial charge on any atom is 0.295 e. The number of hydrogen-bond donors (Lipinski definition) is 2. The van der Waals surface area contributed by atoms with Crippen LogP contribution in [0.2, 0.25) is 0 Å². The number of carbonyl (C=O) groups is 1. The first-order valence-corrected chi connectivity index (χ1v) is 6.26. The Morgan fingerprint density at radius 2 is 2.18 bits per heavy atom. The van der Waals surface area contributed by atoms with E-state index in [9.17, 15) is 4.79 Å². The van der Waals surface area contributed by atoms with Crippen molar-refractivity contribution < 1.29 is 4.79 Å². The molecule has 2 rings (SSSR count). The molecule has 5 nitrogen and oxygen atoms in total. The van der Waals surface area contributed by atoms with Crippen LogP contribution >= 0.6 is 11.8 Å². The lowest BCUT2D eigenvalue weighted by Gasteiger charge is -2.06. The Kier molecular flexibility index (Phi) is 3.43. The van der Waals surface area contributed by atoms with Gasteiger partial charge in [0.15, 0.2) is 0 Å². The molecule has 0 spiro atoms. The lowest BCUT2D eigenvalue weighted by molar-refractivity contribution is 0.101. The number of hydrogen-bond acceptors (Lipinski definition) is 4. The molecule has 1 aromatic heterocycles. The Morgan fingerprint density at radius 3 is 2.82 bits per heavy atom. The SMILES string of the molecule is CSc1ccccc1NC(=O)c1n[nH]c(C)n1. The van der Waals surface area contributed by atoms with Crippen LogP contribution in [0.4, 0.5) is 5.69 Å². The Morgan fingerprint density at radius 1 is 1.41 bits per heavy atom. The lowest BCUT2D eigenvalue weighted by Crippen LogP contribution is -2.14. The quantitative estimate of drug-likeness (QED) is 0.816. The summed E-state index contributed by atoms with van der Waals surface area (Å²) in [5.74, 6) is 0.461. The van der Waals surface area contributed by atoms with Crippen LogP contribution in [-0.2, 0) is 0 Å². The summed E-state index contributed by atoms with van der Waals surface area (Å²) in [5, 5.41) is 9.24. The van der Waals surface area contributed by atoms with Gasteiger partial charge in [-0.3, -0.25) is 9.89 Å². The van der Waals surface area contributed by atoms with Crippen molar-refractivity contribution in [2.24, 2.45) is 0 Å². The first-order valence-electron chi connectivity index (χ1n) is 5.04. The number of anilines is 1. The number of amides is 1. The summed E-state index contributed by atoms with van der Waals surface area (Å²) in [7, 11) is 0. The van der Waals surface area contributed by atoms with Gasteiger partial charge in [0.2, 0.25) is 5.82 Å². The van der Waals surface area contributed by atoms with Crippen molar-refractivity contribution >= 4 is 23.4 Å². The highest BCUT2D eigenvalue weighted by atomic mass is 32.2. The zero-order valence-corrected chi connectivity index (χ0v) is 10.3. The zero-order chi connectivity index (χ0) is 12.3. The van der Waals surface area contributed by atoms with Gasteiger partial charge in [0, 0.05) is 4.90 Å². The maximum atomic E-state index is 11.8. The van der Waals surface area contributed by atoms with Crippen LogP contribution in [0, 0.1) is 6.92 Å². The van der Waals surface area contributed by atoms with Crippen LogP contribution in [0.1, 0.15) is 16.4 Å². The van der Waals surface area contributed by atoms with Crippen LogP contribution in [0.5, 0.6) is 0 Å². The van der Waals surface area contributed by atoms with E-state index >= 15 is 0 Å². The molecular formula is C11H12N4OS. The van der Waals surface area contributed by atoms with Crippen LogP contribution in [0.25, 0.3) is 0 Å². The second kappa shape index (κ2) is 5.01. The van der Waals surface area contributed by atoms with Crippen molar-refractivity contribution in [2.75, 3.05) is 11.6 Å². The standard InChI is InChI=1S/C11H12N4OS/c1-7-12-10(15-14-7)11(16)13-8-5-3-4-6-9(8)17-2/h3-6H,1-2H3,(H,13,16)(H,12,14,15). The molecule has 0 saturated carbocycles. The van der Waals surface area contributed by atoms with Crippen molar-refractivity contribution in [3.8, 4) is 0 Å². The molecular weight excluding hydrogens is 236 g/mol. The number of carbonyl (C=O) groups excluding carboxylic acids is 1. The Bertz CT molecular complexity index is 538. The highest BCUT2D eigenvalue weighted by molar-refractivity contribution is 7.98. The molecule has 2 aromatic rings. The number of H-pyrrole nitrogens is 1. The molecule has 0 aliphatic carbocycles. The summed E-state index contributed by atoms with van der Waals surface area (Å²) in [6.45, 7) is 1.75. The maximum absolute atomic E-state index is 11.8. The molecule has 88 valence electrons. The highest BCUT2D eigenvalue weighted by Crippen LogP contribution is 2.24. The molecule has 0 bridgehead atoms. The number of aromatic nitrogens is 3. The minimum atomic E-state index is -0.309. The monoisotopic (exact) mass is 248 g/mol. The second-order valence-corrected chi connectivity index (χ2v) is 4.25. The fourth-order valence-electron chi connectivity index (χ4n) is 1.37. The fourth-order valence-corrected chi connectivity index (χ4v) is 1.92. The van der Waals surface area contributed by atoms with E-state index in [1.165, 1.54) is 0 Å². The third-order valence-corrected chi connectivity index (χ3v) is 2.95. The summed E-state index contributed by atoms with van der Waals surface area (Å²) in [6, 6.07) is 7.60. The number of rotatable bonds is 3. The number of benzene rings is 1. The summed E-state index contributed by atoms with van der Waals surface area (Å²) in [4.78, 5) is 16.8. The van der Waals surface area contributed by atoms with E-state index in [1.807, 2.05) is 30.5 Å². The van der Waals surface area contributed by atoms with E-state index in [4.69, 9.17) is 0 Å². The van der Waals surface area contributed by atoms with Gasteiger partial charge in [-0.2, -0.15) is 0 Å². The normalized spacial score (nSPS) is 10.2. The lowest BCUT2D eigenvalue weighted by atomic mass is 10.3. The fraction of sp³-hybridized carbons (Fsp3) is 0.182. The number of nitrogens with zero attached hydrogens (tertiary/aromatic N) is 2. The Hall–Kier alpha value is -1.82. The van der Waals surface area contributed by atoms with Crippen LogP contribution in [0.15, 0.2) is 29.2 Å². The molecule has 2 N–H and O–H groups in total. The second-order valence-electron chi connectivity index (χ2n) is 3.40. The summed E-state index contributed by atoms with van der Waals surface area (Å²) >= 11 is 1.57. The number of nitrogens with one attached hydrogen (secondary N) is 2. The van der Waals surface area contributed by atoms with Gasteiger partial charge in [-0.1, -0.05) is 12.1 Å². The third-order valence-electron chi connectivity index (χ3n) is 2.16. The molecule has 0 saturated heterocycles. The summed E-state index contributed by atoms with van der Waals surface area (Å²) in [5.41, 5.74) is 0.771. The van der Waals surface area contributed by atoms with Crippen LogP contribution < -0.4 is 5.32 Å². The molecule has 6 heteroatoms. The van der Waals surface area contributed by atoms with Crippen molar-refractivity contribution in [3.05, 3.63) is 35.9 Å². The van der Waals surface area contributed by atoms with Crippen molar-refractivity contribution in [1.29, 1.82) is 0 Å². The zero-order valence-electron chi connectivity index (χ0n) is 9.52. The van der Waals surface area contributed by atoms with Crippen molar-refractivity contribution in [1.82, 2.24) is 15.2 Å². The van der Waals surface area contributed by atoms with Crippen LogP contribution in [0.3, 0.4) is 0 Å². The van der Waals surface area contributed by atoms with Gasteiger partial charge in [-0.15, -0.1) is 16.9 Å². The molecule has 0 aliphatic rings. The van der Waals surface area contributed by atoms with Gasteiger partial charge in [-0.05, 0) is 25.3 Å². The minimum absolute atomic E-state index is 0.151. The predicted octanol–water partition coefficient (Wildman–Crippen LogP) is 2.09. The Balaban J connectivity index is 2.18. The average molecular weight is 248 g/mol. The molecule has 0 fully saturated rings. The smallest absolute Gasteiger partial charge is 0.295 e. The summed E-state index contributed by atoms with van der Waals surface area (Å²) < 4.78 is 0. The minimum Gasteiger partial charge on any atom is -0.318 e. The van der Waals surface area contributed by atoms with E-state index < -0.39 is 0 Å². The molecule has 0 atom stereocenters. The molecule has 1 aromatic carbocycles. The van der Waals surface area contributed by atoms with E-state index in [-0.39, 0.29) is 11.7 Å². The van der Waals surface area contributed by atoms with E-state index in [0.717, 1.165) is 10.6 Å². The van der Waals surface area contributed by atoms with Gasteiger partial charge < -0.3 is 5.32 Å². The molecule has 0 radical (unpaired) electrons. The number of para-hydroxylation sites is 1. The van der Waals surface area contributed by atoms with Gasteiger partial charge in [0.25, 0.3) is 5.91 Å². The third kappa shape index (κ3) is 2.65. The van der Waals surface area contributed by atoms with Crippen LogP contribution in [-0.4, -0.2) is 27.3 Å². The van der Waals surface area contributed by atoms with E-state index in [0.29, 0.717) is 5.82 Å². The molecule has 0 aliphatic heterocycles. The van der Waals surface area contributed by atoms with Crippen molar-refractivity contribution in [3.63, 3.8) is 0 Å². The van der Waals surface area contributed by atoms with Gasteiger partial charge in [0.05, 0.1) is 5.69 Å². The first kappa shape index (κ1) is 11.7. The number of aromatic amines is 1. The predicted molar refractivity (Wildman–Crippen MR) is 67.3 cm³/mol. The Labute approximate surface area is 103 Å².